The lowest BCUT2D eigenvalue weighted by molar-refractivity contribution is -0.191. The Morgan fingerprint density at radius 2 is 1.42 bits per heavy atom. The molecule has 0 fully saturated rings. The molecule has 6 nitrogen and oxygen atoms in total. The number of benzene rings is 1. The SMILES string of the molecule is CC(=O)NCCc1ccc(OC(=O)C(F)(F)F)c(OC(=O)C(F)(F)F)c1. The van der Waals surface area contributed by atoms with E-state index in [0.717, 1.165) is 18.2 Å². The molecule has 0 bridgehead atoms. The lowest BCUT2D eigenvalue weighted by atomic mass is 10.1. The van der Waals surface area contributed by atoms with Crippen LogP contribution in [0.15, 0.2) is 18.2 Å². The lowest BCUT2D eigenvalue weighted by Crippen LogP contribution is -2.30. The molecule has 144 valence electrons. The Hall–Kier alpha value is -2.79. The fourth-order valence-electron chi connectivity index (χ4n) is 1.57. The van der Waals surface area contributed by atoms with Gasteiger partial charge in [-0.05, 0) is 24.1 Å². The van der Waals surface area contributed by atoms with Gasteiger partial charge in [0.15, 0.2) is 11.5 Å². The average Bonchev–Trinajstić information content (AvgIpc) is 2.47. The normalized spacial score (nSPS) is 11.7. The van der Waals surface area contributed by atoms with E-state index in [0.29, 0.717) is 0 Å². The maximum atomic E-state index is 12.3. The summed E-state index contributed by atoms with van der Waals surface area (Å²) in [6.45, 7) is 1.28. The number of hydrogen-bond acceptors (Lipinski definition) is 5. The zero-order valence-corrected chi connectivity index (χ0v) is 13.0. The van der Waals surface area contributed by atoms with Gasteiger partial charge in [0.2, 0.25) is 5.91 Å². The molecule has 0 saturated heterocycles. The Morgan fingerprint density at radius 3 is 1.88 bits per heavy atom. The molecular formula is C14H11F6NO5. The predicted octanol–water partition coefficient (Wildman–Crippen LogP) is 2.30. The van der Waals surface area contributed by atoms with E-state index in [1.165, 1.54) is 6.92 Å². The van der Waals surface area contributed by atoms with Crippen LogP contribution in [0.2, 0.25) is 0 Å². The number of hydrogen-bond donors (Lipinski definition) is 1. The molecular weight excluding hydrogens is 376 g/mol. The number of nitrogens with one attached hydrogen (secondary N) is 1. The van der Waals surface area contributed by atoms with Gasteiger partial charge in [0.25, 0.3) is 0 Å². The van der Waals surface area contributed by atoms with Crippen molar-refractivity contribution in [1.29, 1.82) is 0 Å². The van der Waals surface area contributed by atoms with E-state index < -0.39 is 35.8 Å². The summed E-state index contributed by atoms with van der Waals surface area (Å²) in [7, 11) is 0. The number of carbonyl (C=O) groups excluding carboxylic acids is 3. The van der Waals surface area contributed by atoms with E-state index in [9.17, 15) is 40.7 Å². The molecule has 0 atom stereocenters. The molecule has 0 aliphatic carbocycles. The fourth-order valence-corrected chi connectivity index (χ4v) is 1.57. The molecule has 1 amide bonds. The van der Waals surface area contributed by atoms with Crippen molar-refractivity contribution in [3.8, 4) is 11.5 Å². The summed E-state index contributed by atoms with van der Waals surface area (Å²) in [6, 6.07) is 2.67. The quantitative estimate of drug-likeness (QED) is 0.476. The first-order valence-corrected chi connectivity index (χ1v) is 6.76. The van der Waals surface area contributed by atoms with Gasteiger partial charge in [0.05, 0.1) is 0 Å². The van der Waals surface area contributed by atoms with Gasteiger partial charge in [-0.1, -0.05) is 6.07 Å². The van der Waals surface area contributed by atoms with Gasteiger partial charge in [-0.2, -0.15) is 26.3 Å². The molecule has 0 unspecified atom stereocenters. The van der Waals surface area contributed by atoms with Crippen LogP contribution in [0.4, 0.5) is 26.3 Å². The van der Waals surface area contributed by atoms with Gasteiger partial charge < -0.3 is 14.8 Å². The highest BCUT2D eigenvalue weighted by Gasteiger charge is 2.43. The third kappa shape index (κ3) is 6.61. The van der Waals surface area contributed by atoms with Crippen molar-refractivity contribution in [2.24, 2.45) is 0 Å². The highest BCUT2D eigenvalue weighted by Crippen LogP contribution is 2.32. The molecule has 0 aliphatic rings. The summed E-state index contributed by atoms with van der Waals surface area (Å²) >= 11 is 0. The number of amides is 1. The zero-order chi connectivity index (χ0) is 20.1. The van der Waals surface area contributed by atoms with Gasteiger partial charge in [0.1, 0.15) is 0 Å². The minimum absolute atomic E-state index is 0.0592. The van der Waals surface area contributed by atoms with Crippen molar-refractivity contribution in [2.75, 3.05) is 6.54 Å². The van der Waals surface area contributed by atoms with Crippen LogP contribution in [-0.2, 0) is 20.8 Å². The molecule has 1 aromatic rings. The van der Waals surface area contributed by atoms with E-state index in [2.05, 4.69) is 14.8 Å². The van der Waals surface area contributed by atoms with Gasteiger partial charge in [-0.15, -0.1) is 0 Å². The predicted molar refractivity (Wildman–Crippen MR) is 72.2 cm³/mol. The van der Waals surface area contributed by atoms with Gasteiger partial charge >= 0.3 is 24.3 Å². The molecule has 26 heavy (non-hydrogen) atoms. The first-order valence-electron chi connectivity index (χ1n) is 6.76. The smallest absolute Gasteiger partial charge is 0.416 e. The lowest BCUT2D eigenvalue weighted by Gasteiger charge is -2.14. The Bertz CT molecular complexity index is 698. The van der Waals surface area contributed by atoms with Crippen LogP contribution < -0.4 is 14.8 Å². The van der Waals surface area contributed by atoms with E-state index in [-0.39, 0.29) is 24.4 Å². The second-order valence-corrected chi connectivity index (χ2v) is 4.79. The molecule has 12 heteroatoms. The van der Waals surface area contributed by atoms with E-state index >= 15 is 0 Å². The summed E-state index contributed by atoms with van der Waals surface area (Å²) in [6.07, 6.45) is -10.8. The summed E-state index contributed by atoms with van der Waals surface area (Å²) in [4.78, 5) is 32.5. The molecule has 0 aromatic heterocycles. The molecule has 0 aliphatic heterocycles. The second kappa shape index (κ2) is 8.06. The molecule has 1 aromatic carbocycles. The van der Waals surface area contributed by atoms with Crippen LogP contribution in [0.5, 0.6) is 11.5 Å². The van der Waals surface area contributed by atoms with E-state index in [1.807, 2.05) is 0 Å². The molecule has 0 spiro atoms. The second-order valence-electron chi connectivity index (χ2n) is 4.79. The zero-order valence-electron chi connectivity index (χ0n) is 13.0. The maximum absolute atomic E-state index is 12.3. The number of esters is 2. The maximum Gasteiger partial charge on any atom is 0.491 e. The topological polar surface area (TPSA) is 81.7 Å². The Balaban J connectivity index is 3.09. The third-order valence-electron chi connectivity index (χ3n) is 2.66. The Labute approximate surface area is 142 Å². The van der Waals surface area contributed by atoms with Crippen molar-refractivity contribution in [1.82, 2.24) is 5.32 Å². The van der Waals surface area contributed by atoms with Crippen LogP contribution in [0.3, 0.4) is 0 Å². The van der Waals surface area contributed by atoms with Crippen molar-refractivity contribution < 1.29 is 50.2 Å². The minimum Gasteiger partial charge on any atom is -0.416 e. The first-order chi connectivity index (χ1) is 11.8. The van der Waals surface area contributed by atoms with Gasteiger partial charge in [-0.25, -0.2) is 9.59 Å². The average molecular weight is 387 g/mol. The Morgan fingerprint density at radius 1 is 0.923 bits per heavy atom. The monoisotopic (exact) mass is 387 g/mol. The van der Waals surface area contributed by atoms with Crippen molar-refractivity contribution in [3.05, 3.63) is 23.8 Å². The van der Waals surface area contributed by atoms with Gasteiger partial charge in [0, 0.05) is 13.5 Å². The van der Waals surface area contributed by atoms with Crippen molar-refractivity contribution in [2.45, 2.75) is 25.7 Å². The number of halogens is 6. The summed E-state index contributed by atoms with van der Waals surface area (Å²) in [5.74, 6) is -7.84. The fraction of sp³-hybridized carbons (Fsp3) is 0.357. The molecule has 0 heterocycles. The van der Waals surface area contributed by atoms with E-state index in [4.69, 9.17) is 0 Å². The third-order valence-corrected chi connectivity index (χ3v) is 2.66. The minimum atomic E-state index is -5.42. The highest BCUT2D eigenvalue weighted by atomic mass is 19.4. The molecule has 1 rings (SSSR count). The van der Waals surface area contributed by atoms with Crippen LogP contribution in [0.1, 0.15) is 12.5 Å². The number of alkyl halides is 6. The molecule has 1 N–H and O–H groups in total. The van der Waals surface area contributed by atoms with Crippen LogP contribution in [0.25, 0.3) is 0 Å². The summed E-state index contributed by atoms with van der Waals surface area (Å²) in [5, 5.41) is 2.38. The van der Waals surface area contributed by atoms with E-state index in [1.54, 1.807) is 0 Å². The molecule has 0 saturated carbocycles. The standard InChI is InChI=1S/C14H11F6NO5/c1-7(22)21-5-4-8-2-3-9(25-11(23)13(15,16)17)10(6-8)26-12(24)14(18,19)20/h2-3,6H,4-5H2,1H3,(H,21,22). The van der Waals surface area contributed by atoms with Crippen LogP contribution in [0, 0.1) is 0 Å². The van der Waals surface area contributed by atoms with Crippen LogP contribution >= 0.6 is 0 Å². The van der Waals surface area contributed by atoms with Crippen molar-refractivity contribution >= 4 is 17.8 Å². The highest BCUT2D eigenvalue weighted by molar-refractivity contribution is 5.81. The Kier molecular flexibility index (Phi) is 6.59. The number of ether oxygens (including phenoxy) is 2. The largest absolute Gasteiger partial charge is 0.491 e. The van der Waals surface area contributed by atoms with Crippen LogP contribution in [-0.4, -0.2) is 36.7 Å². The summed E-state index contributed by atoms with van der Waals surface area (Å²) in [5.41, 5.74) is 0.204. The summed E-state index contributed by atoms with van der Waals surface area (Å²) < 4.78 is 81.6. The van der Waals surface area contributed by atoms with Crippen molar-refractivity contribution in [3.63, 3.8) is 0 Å². The number of carbonyl (C=O) groups is 3. The number of rotatable bonds is 5. The molecule has 0 radical (unpaired) electrons. The van der Waals surface area contributed by atoms with Gasteiger partial charge in [-0.3, -0.25) is 4.79 Å². The first kappa shape index (κ1) is 21.3.